The van der Waals surface area contributed by atoms with Gasteiger partial charge in [-0.2, -0.15) is 0 Å². The fourth-order valence-corrected chi connectivity index (χ4v) is 3.80. The summed E-state index contributed by atoms with van der Waals surface area (Å²) in [5.74, 6) is -0.0720. The number of benzene rings is 2. The first-order chi connectivity index (χ1) is 13.1. The van der Waals surface area contributed by atoms with Crippen LogP contribution in [-0.2, 0) is 11.2 Å². The van der Waals surface area contributed by atoms with Crippen LogP contribution in [0, 0.1) is 5.41 Å². The number of nitrogens with one attached hydrogen (secondary N) is 1. The number of carbonyl (C=O) groups is 2. The first-order valence-corrected chi connectivity index (χ1v) is 9.99. The maximum absolute atomic E-state index is 13.0. The van der Waals surface area contributed by atoms with E-state index in [9.17, 15) is 9.59 Å². The first kappa shape index (κ1) is 20.4. The standard InChI is InChI=1S/C23H27ClN2O2/c1-15(27)26-12-11-17-13-18(7-10-21(17)26)22(28)25-20(14-23(2,3)4)16-5-8-19(24)9-6-16/h5-10,13,20H,11-12,14H2,1-4H3,(H,25,28)/t20-/m0/s1. The van der Waals surface area contributed by atoms with Crippen molar-refractivity contribution in [3.8, 4) is 0 Å². The minimum atomic E-state index is -0.105. The van der Waals surface area contributed by atoms with E-state index < -0.39 is 0 Å². The summed E-state index contributed by atoms with van der Waals surface area (Å²) in [6.07, 6.45) is 1.59. The van der Waals surface area contributed by atoms with Gasteiger partial charge in [0, 0.05) is 29.7 Å². The van der Waals surface area contributed by atoms with E-state index in [-0.39, 0.29) is 23.3 Å². The van der Waals surface area contributed by atoms with E-state index in [1.54, 1.807) is 17.9 Å². The van der Waals surface area contributed by atoms with Gasteiger partial charge in [0.25, 0.3) is 5.91 Å². The van der Waals surface area contributed by atoms with Crippen molar-refractivity contribution < 1.29 is 9.59 Å². The highest BCUT2D eigenvalue weighted by atomic mass is 35.5. The van der Waals surface area contributed by atoms with Crippen molar-refractivity contribution in [1.82, 2.24) is 5.32 Å². The highest BCUT2D eigenvalue weighted by Gasteiger charge is 2.25. The van der Waals surface area contributed by atoms with Gasteiger partial charge in [-0.25, -0.2) is 0 Å². The third-order valence-corrected chi connectivity index (χ3v) is 5.26. The number of hydrogen-bond donors (Lipinski definition) is 1. The molecule has 0 fully saturated rings. The minimum Gasteiger partial charge on any atom is -0.345 e. The van der Waals surface area contributed by atoms with Crippen LogP contribution in [0.3, 0.4) is 0 Å². The molecule has 28 heavy (non-hydrogen) atoms. The predicted octanol–water partition coefficient (Wildman–Crippen LogP) is 5.16. The molecule has 0 aromatic heterocycles. The molecule has 2 aromatic carbocycles. The third-order valence-electron chi connectivity index (χ3n) is 5.01. The number of carbonyl (C=O) groups excluding carboxylic acids is 2. The van der Waals surface area contributed by atoms with Crippen molar-refractivity contribution in [3.05, 3.63) is 64.2 Å². The van der Waals surface area contributed by atoms with Gasteiger partial charge in [0.05, 0.1) is 6.04 Å². The Morgan fingerprint density at radius 1 is 1.14 bits per heavy atom. The quantitative estimate of drug-likeness (QED) is 0.773. The lowest BCUT2D eigenvalue weighted by molar-refractivity contribution is -0.116. The Bertz CT molecular complexity index is 884. The molecule has 0 saturated carbocycles. The van der Waals surface area contributed by atoms with Gasteiger partial charge in [0.15, 0.2) is 0 Å². The van der Waals surface area contributed by atoms with Crippen LogP contribution in [0.15, 0.2) is 42.5 Å². The van der Waals surface area contributed by atoms with Crippen LogP contribution in [0.5, 0.6) is 0 Å². The van der Waals surface area contributed by atoms with Gasteiger partial charge in [0.1, 0.15) is 0 Å². The van der Waals surface area contributed by atoms with Gasteiger partial charge < -0.3 is 10.2 Å². The number of amides is 2. The van der Waals surface area contributed by atoms with Crippen molar-refractivity contribution in [3.63, 3.8) is 0 Å². The molecule has 0 radical (unpaired) electrons. The lowest BCUT2D eigenvalue weighted by Crippen LogP contribution is -2.31. The molecule has 1 aliphatic rings. The van der Waals surface area contributed by atoms with Crippen LogP contribution in [0.25, 0.3) is 0 Å². The van der Waals surface area contributed by atoms with Gasteiger partial charge in [-0.05, 0) is 59.7 Å². The summed E-state index contributed by atoms with van der Waals surface area (Å²) < 4.78 is 0. The summed E-state index contributed by atoms with van der Waals surface area (Å²) in [6, 6.07) is 13.1. The fraction of sp³-hybridized carbons (Fsp3) is 0.391. The van der Waals surface area contributed by atoms with E-state index in [0.29, 0.717) is 17.1 Å². The van der Waals surface area contributed by atoms with E-state index in [2.05, 4.69) is 26.1 Å². The van der Waals surface area contributed by atoms with Gasteiger partial charge >= 0.3 is 0 Å². The van der Waals surface area contributed by atoms with Crippen molar-refractivity contribution in [1.29, 1.82) is 0 Å². The van der Waals surface area contributed by atoms with E-state index in [1.807, 2.05) is 36.4 Å². The molecular formula is C23H27ClN2O2. The largest absolute Gasteiger partial charge is 0.345 e. The second-order valence-corrected chi connectivity index (χ2v) is 9.04. The van der Waals surface area contributed by atoms with Gasteiger partial charge in [0.2, 0.25) is 5.91 Å². The van der Waals surface area contributed by atoms with Gasteiger partial charge in [-0.15, -0.1) is 0 Å². The molecule has 1 aliphatic heterocycles. The molecule has 2 amide bonds. The van der Waals surface area contributed by atoms with Crippen molar-refractivity contribution in [2.75, 3.05) is 11.4 Å². The zero-order valence-corrected chi connectivity index (χ0v) is 17.6. The number of fused-ring (bicyclic) bond motifs is 1. The number of halogens is 1. The lowest BCUT2D eigenvalue weighted by Gasteiger charge is -2.27. The fourth-order valence-electron chi connectivity index (χ4n) is 3.67. The lowest BCUT2D eigenvalue weighted by atomic mass is 9.85. The smallest absolute Gasteiger partial charge is 0.251 e. The zero-order chi connectivity index (χ0) is 20.5. The molecule has 3 rings (SSSR count). The normalized spacial score (nSPS) is 14.5. The molecule has 4 nitrogen and oxygen atoms in total. The highest BCUT2D eigenvalue weighted by Crippen LogP contribution is 2.32. The number of anilines is 1. The molecule has 1 atom stereocenters. The SMILES string of the molecule is CC(=O)N1CCc2cc(C(=O)N[C@@H](CC(C)(C)C)c3ccc(Cl)cc3)ccc21. The van der Waals surface area contributed by atoms with Crippen molar-refractivity contribution in [2.45, 2.75) is 46.6 Å². The molecular weight excluding hydrogens is 372 g/mol. The van der Waals surface area contributed by atoms with Crippen LogP contribution >= 0.6 is 11.6 Å². The number of nitrogens with zero attached hydrogens (tertiary/aromatic N) is 1. The molecule has 1 N–H and O–H groups in total. The average molecular weight is 399 g/mol. The Hall–Kier alpha value is -2.33. The van der Waals surface area contributed by atoms with E-state index in [1.165, 1.54) is 0 Å². The zero-order valence-electron chi connectivity index (χ0n) is 16.9. The highest BCUT2D eigenvalue weighted by molar-refractivity contribution is 6.30. The maximum atomic E-state index is 13.0. The van der Waals surface area contributed by atoms with Crippen LogP contribution in [0.2, 0.25) is 5.02 Å². The Morgan fingerprint density at radius 3 is 2.43 bits per heavy atom. The molecule has 1 heterocycles. The third kappa shape index (κ3) is 4.74. The predicted molar refractivity (Wildman–Crippen MR) is 114 cm³/mol. The maximum Gasteiger partial charge on any atom is 0.251 e. The second-order valence-electron chi connectivity index (χ2n) is 8.61. The second kappa shape index (κ2) is 7.96. The summed E-state index contributed by atoms with van der Waals surface area (Å²) in [4.78, 5) is 26.5. The van der Waals surface area contributed by atoms with Gasteiger partial charge in [-0.3, -0.25) is 9.59 Å². The van der Waals surface area contributed by atoms with Crippen LogP contribution < -0.4 is 10.2 Å². The van der Waals surface area contributed by atoms with Gasteiger partial charge in [-0.1, -0.05) is 44.5 Å². The van der Waals surface area contributed by atoms with E-state index >= 15 is 0 Å². The minimum absolute atomic E-state index is 0.0314. The van der Waals surface area contributed by atoms with Crippen LogP contribution in [-0.4, -0.2) is 18.4 Å². The topological polar surface area (TPSA) is 49.4 Å². The Labute approximate surface area is 171 Å². The van der Waals surface area contributed by atoms with E-state index in [4.69, 9.17) is 11.6 Å². The summed E-state index contributed by atoms with van der Waals surface area (Å²) >= 11 is 6.02. The summed E-state index contributed by atoms with van der Waals surface area (Å²) in [5.41, 5.74) is 3.67. The Morgan fingerprint density at radius 2 is 1.82 bits per heavy atom. The van der Waals surface area contributed by atoms with Crippen molar-refractivity contribution >= 4 is 29.1 Å². The number of rotatable bonds is 4. The molecule has 0 unspecified atom stereocenters. The number of hydrogen-bond acceptors (Lipinski definition) is 2. The monoisotopic (exact) mass is 398 g/mol. The molecule has 0 saturated heterocycles. The molecule has 148 valence electrons. The molecule has 0 bridgehead atoms. The molecule has 5 heteroatoms. The van der Waals surface area contributed by atoms with Crippen LogP contribution in [0.1, 0.15) is 61.6 Å². The summed E-state index contributed by atoms with van der Waals surface area (Å²) in [5, 5.41) is 3.87. The summed E-state index contributed by atoms with van der Waals surface area (Å²) in [7, 11) is 0. The molecule has 0 aliphatic carbocycles. The van der Waals surface area contributed by atoms with E-state index in [0.717, 1.165) is 29.7 Å². The summed E-state index contributed by atoms with van der Waals surface area (Å²) in [6.45, 7) is 8.72. The molecule has 0 spiro atoms. The average Bonchev–Trinajstić information content (AvgIpc) is 3.04. The van der Waals surface area contributed by atoms with Crippen molar-refractivity contribution in [2.24, 2.45) is 5.41 Å². The van der Waals surface area contributed by atoms with Crippen LogP contribution in [0.4, 0.5) is 5.69 Å². The molecule has 2 aromatic rings. The Kier molecular flexibility index (Phi) is 5.80. The Balaban J connectivity index is 1.82. The first-order valence-electron chi connectivity index (χ1n) is 9.61.